The molecule has 0 aromatic carbocycles. The summed E-state index contributed by atoms with van der Waals surface area (Å²) in [6, 6.07) is 5.81. The maximum Gasteiger partial charge on any atom is 0.131 e. The molecule has 2 aromatic heterocycles. The van der Waals surface area contributed by atoms with Gasteiger partial charge in [-0.05, 0) is 18.6 Å². The van der Waals surface area contributed by atoms with Crippen molar-refractivity contribution in [2.75, 3.05) is 23.8 Å². The quantitative estimate of drug-likeness (QED) is 0.553. The number of aliphatic hydroxyl groups is 1. The summed E-state index contributed by atoms with van der Waals surface area (Å²) in [5.74, 6) is 1.53. The lowest BCUT2D eigenvalue weighted by Gasteiger charge is -2.07. The first-order valence-corrected chi connectivity index (χ1v) is 5.91. The van der Waals surface area contributed by atoms with Gasteiger partial charge in [-0.1, -0.05) is 0 Å². The highest BCUT2D eigenvalue weighted by Gasteiger charge is 1.98. The predicted molar refractivity (Wildman–Crippen MR) is 70.3 cm³/mol. The highest BCUT2D eigenvalue weighted by atomic mass is 16.3. The van der Waals surface area contributed by atoms with Gasteiger partial charge in [-0.2, -0.15) is 0 Å². The van der Waals surface area contributed by atoms with Gasteiger partial charge in [-0.3, -0.25) is 0 Å². The van der Waals surface area contributed by atoms with Crippen LogP contribution in [0.4, 0.5) is 11.6 Å². The Kier molecular flexibility index (Phi) is 4.54. The summed E-state index contributed by atoms with van der Waals surface area (Å²) in [4.78, 5) is 11.4. The van der Waals surface area contributed by atoms with Crippen molar-refractivity contribution in [3.8, 4) is 0 Å². The number of hydrogen-bond acceptors (Lipinski definition) is 5. The standard InChI is InChI=1S/C12H17N5O/c18-6-2-5-14-11-7-12(17-9-16-11)15-8-10-3-1-4-13-10/h1,3-4,7,9,13,18H,2,5-6,8H2,(H2,14,15,16,17). The van der Waals surface area contributed by atoms with Crippen LogP contribution in [0.15, 0.2) is 30.7 Å². The second kappa shape index (κ2) is 6.61. The molecule has 96 valence electrons. The fourth-order valence-electron chi connectivity index (χ4n) is 1.51. The zero-order chi connectivity index (χ0) is 12.6. The number of nitrogens with one attached hydrogen (secondary N) is 3. The summed E-state index contributed by atoms with van der Waals surface area (Å²) in [5, 5.41) is 15.0. The third-order valence-electron chi connectivity index (χ3n) is 2.43. The van der Waals surface area contributed by atoms with Crippen molar-refractivity contribution >= 4 is 11.6 Å². The lowest BCUT2D eigenvalue weighted by Crippen LogP contribution is -2.07. The van der Waals surface area contributed by atoms with E-state index in [0.29, 0.717) is 19.5 Å². The molecule has 2 aromatic rings. The third kappa shape index (κ3) is 3.74. The fourth-order valence-corrected chi connectivity index (χ4v) is 1.51. The Morgan fingerprint density at radius 1 is 1.22 bits per heavy atom. The zero-order valence-corrected chi connectivity index (χ0v) is 10.1. The molecule has 0 radical (unpaired) electrons. The second-order valence-electron chi connectivity index (χ2n) is 3.84. The monoisotopic (exact) mass is 247 g/mol. The van der Waals surface area contributed by atoms with Crippen LogP contribution in [0, 0.1) is 0 Å². The van der Waals surface area contributed by atoms with E-state index in [1.54, 1.807) is 0 Å². The van der Waals surface area contributed by atoms with Gasteiger partial charge in [0.1, 0.15) is 18.0 Å². The van der Waals surface area contributed by atoms with Crippen LogP contribution in [0.5, 0.6) is 0 Å². The molecule has 0 aliphatic rings. The van der Waals surface area contributed by atoms with E-state index >= 15 is 0 Å². The van der Waals surface area contributed by atoms with E-state index in [1.807, 2.05) is 24.4 Å². The second-order valence-corrected chi connectivity index (χ2v) is 3.84. The highest BCUT2D eigenvalue weighted by Crippen LogP contribution is 2.09. The number of H-pyrrole nitrogens is 1. The molecule has 0 aliphatic heterocycles. The minimum Gasteiger partial charge on any atom is -0.396 e. The molecule has 0 saturated heterocycles. The van der Waals surface area contributed by atoms with Crippen LogP contribution in [-0.4, -0.2) is 33.2 Å². The summed E-state index contributed by atoms with van der Waals surface area (Å²) in [6.45, 7) is 1.57. The molecular formula is C12H17N5O. The van der Waals surface area contributed by atoms with Crippen LogP contribution >= 0.6 is 0 Å². The molecule has 6 heteroatoms. The van der Waals surface area contributed by atoms with Crippen molar-refractivity contribution in [2.45, 2.75) is 13.0 Å². The molecular weight excluding hydrogens is 230 g/mol. The van der Waals surface area contributed by atoms with Gasteiger partial charge in [0.05, 0.1) is 6.54 Å². The van der Waals surface area contributed by atoms with Crippen molar-refractivity contribution in [1.82, 2.24) is 15.0 Å². The Hall–Kier alpha value is -2.08. The van der Waals surface area contributed by atoms with Crippen molar-refractivity contribution in [2.24, 2.45) is 0 Å². The number of hydrogen-bond donors (Lipinski definition) is 4. The number of aromatic nitrogens is 3. The van der Waals surface area contributed by atoms with Gasteiger partial charge < -0.3 is 20.7 Å². The summed E-state index contributed by atoms with van der Waals surface area (Å²) >= 11 is 0. The van der Waals surface area contributed by atoms with Gasteiger partial charge in [0.15, 0.2) is 0 Å². The Morgan fingerprint density at radius 2 is 2.06 bits per heavy atom. The molecule has 2 heterocycles. The largest absolute Gasteiger partial charge is 0.396 e. The first-order chi connectivity index (χ1) is 8.88. The Labute approximate surface area is 105 Å². The average Bonchev–Trinajstić information content (AvgIpc) is 2.90. The maximum atomic E-state index is 8.70. The van der Waals surface area contributed by atoms with E-state index < -0.39 is 0 Å². The van der Waals surface area contributed by atoms with Crippen molar-refractivity contribution in [1.29, 1.82) is 0 Å². The number of nitrogens with zero attached hydrogens (tertiary/aromatic N) is 2. The SMILES string of the molecule is OCCCNc1cc(NCc2ccc[nH]2)ncn1. The number of rotatable bonds is 7. The molecule has 0 spiro atoms. The smallest absolute Gasteiger partial charge is 0.131 e. The zero-order valence-electron chi connectivity index (χ0n) is 10.1. The predicted octanol–water partition coefficient (Wildman–Crippen LogP) is 1.21. The van der Waals surface area contributed by atoms with E-state index in [9.17, 15) is 0 Å². The first kappa shape index (κ1) is 12.4. The summed E-state index contributed by atoms with van der Waals surface area (Å²) in [5.41, 5.74) is 1.10. The van der Waals surface area contributed by atoms with E-state index in [0.717, 1.165) is 17.3 Å². The van der Waals surface area contributed by atoms with Gasteiger partial charge in [0, 0.05) is 31.1 Å². The molecule has 0 saturated carbocycles. The van der Waals surface area contributed by atoms with Crippen LogP contribution in [0.3, 0.4) is 0 Å². The minimum atomic E-state index is 0.177. The minimum absolute atomic E-state index is 0.177. The van der Waals surface area contributed by atoms with Crippen LogP contribution in [0.2, 0.25) is 0 Å². The lowest BCUT2D eigenvalue weighted by molar-refractivity contribution is 0.292. The van der Waals surface area contributed by atoms with Crippen LogP contribution in [-0.2, 0) is 6.54 Å². The molecule has 0 aliphatic carbocycles. The van der Waals surface area contributed by atoms with Gasteiger partial charge in [0.2, 0.25) is 0 Å². The van der Waals surface area contributed by atoms with Crippen LogP contribution < -0.4 is 10.6 Å². The van der Waals surface area contributed by atoms with E-state index in [-0.39, 0.29) is 6.61 Å². The fraction of sp³-hybridized carbons (Fsp3) is 0.333. The highest BCUT2D eigenvalue weighted by molar-refractivity contribution is 5.46. The normalized spacial score (nSPS) is 10.3. The van der Waals surface area contributed by atoms with Gasteiger partial charge in [0.25, 0.3) is 0 Å². The number of aliphatic hydroxyl groups excluding tert-OH is 1. The van der Waals surface area contributed by atoms with Gasteiger partial charge in [-0.25, -0.2) is 9.97 Å². The number of aromatic amines is 1. The van der Waals surface area contributed by atoms with Gasteiger partial charge >= 0.3 is 0 Å². The molecule has 0 fully saturated rings. The molecule has 0 atom stereocenters. The molecule has 2 rings (SSSR count). The first-order valence-electron chi connectivity index (χ1n) is 5.91. The molecule has 4 N–H and O–H groups in total. The maximum absolute atomic E-state index is 8.70. The third-order valence-corrected chi connectivity index (χ3v) is 2.43. The van der Waals surface area contributed by atoms with Crippen molar-refractivity contribution in [3.63, 3.8) is 0 Å². The Balaban J connectivity index is 1.86. The summed E-state index contributed by atoms with van der Waals surface area (Å²) in [7, 11) is 0. The summed E-state index contributed by atoms with van der Waals surface area (Å²) in [6.07, 6.45) is 4.10. The molecule has 0 bridgehead atoms. The van der Waals surface area contributed by atoms with Crippen LogP contribution in [0.1, 0.15) is 12.1 Å². The Morgan fingerprint density at radius 3 is 2.78 bits per heavy atom. The topological polar surface area (TPSA) is 85.9 Å². The van der Waals surface area contributed by atoms with Crippen LogP contribution in [0.25, 0.3) is 0 Å². The molecule has 6 nitrogen and oxygen atoms in total. The lowest BCUT2D eigenvalue weighted by atomic mass is 10.4. The van der Waals surface area contributed by atoms with E-state index in [1.165, 1.54) is 6.33 Å². The van der Waals surface area contributed by atoms with Crippen molar-refractivity contribution < 1.29 is 5.11 Å². The van der Waals surface area contributed by atoms with Crippen molar-refractivity contribution in [3.05, 3.63) is 36.4 Å². The van der Waals surface area contributed by atoms with Gasteiger partial charge in [-0.15, -0.1) is 0 Å². The van der Waals surface area contributed by atoms with E-state index in [4.69, 9.17) is 5.11 Å². The average molecular weight is 247 g/mol. The molecule has 0 unspecified atom stereocenters. The summed E-state index contributed by atoms with van der Waals surface area (Å²) < 4.78 is 0. The molecule has 0 amide bonds. The number of anilines is 2. The molecule has 18 heavy (non-hydrogen) atoms. The van der Waals surface area contributed by atoms with E-state index in [2.05, 4.69) is 25.6 Å². The Bertz CT molecular complexity index is 457.